The number of hydrogen-bond donors (Lipinski definition) is 2. The van der Waals surface area contributed by atoms with Gasteiger partial charge in [0.05, 0.1) is 6.04 Å². The molecule has 5 rings (SSSR count). The summed E-state index contributed by atoms with van der Waals surface area (Å²) in [4.78, 5) is 12.4. The molecule has 2 unspecified atom stereocenters. The third-order valence-electron chi connectivity index (χ3n) is 6.63. The van der Waals surface area contributed by atoms with Crippen molar-refractivity contribution >= 4 is 22.0 Å². The van der Waals surface area contributed by atoms with Crippen molar-refractivity contribution in [2.75, 3.05) is 5.73 Å². The van der Waals surface area contributed by atoms with Crippen LogP contribution in [0.15, 0.2) is 90.2 Å². The summed E-state index contributed by atoms with van der Waals surface area (Å²) in [7, 11) is -3.91. The van der Waals surface area contributed by atoms with E-state index in [1.165, 1.54) is 6.07 Å². The summed E-state index contributed by atoms with van der Waals surface area (Å²) in [5.74, 6) is -0.195. The van der Waals surface area contributed by atoms with Gasteiger partial charge in [-0.15, -0.1) is 0 Å². The number of hydrogen-bond acceptors (Lipinski definition) is 7. The maximum atomic E-state index is 14.2. The Hall–Kier alpha value is -4.31. The van der Waals surface area contributed by atoms with Crippen LogP contribution in [-0.4, -0.2) is 30.0 Å². The number of anilines is 1. The third kappa shape index (κ3) is 5.46. The van der Waals surface area contributed by atoms with Crippen LogP contribution in [-0.2, 0) is 14.8 Å². The van der Waals surface area contributed by atoms with Gasteiger partial charge in [-0.3, -0.25) is 0 Å². The molecule has 4 aromatic rings. The van der Waals surface area contributed by atoms with Crippen LogP contribution in [0.3, 0.4) is 0 Å². The van der Waals surface area contributed by atoms with Crippen molar-refractivity contribution < 1.29 is 17.5 Å². The van der Waals surface area contributed by atoms with Crippen molar-refractivity contribution in [3.05, 3.63) is 102 Å². The minimum atomic E-state index is -3.91. The van der Waals surface area contributed by atoms with E-state index in [9.17, 15) is 12.8 Å². The summed E-state index contributed by atoms with van der Waals surface area (Å²) in [5.41, 5.74) is 9.06. The Labute approximate surface area is 226 Å². The number of nitrogens with zero attached hydrogens (tertiary/aromatic N) is 3. The van der Waals surface area contributed by atoms with E-state index in [4.69, 9.17) is 10.5 Å². The molecular formula is C29H28FN5O3S. The van der Waals surface area contributed by atoms with Crippen molar-refractivity contribution in [1.29, 1.82) is 0 Å². The summed E-state index contributed by atoms with van der Waals surface area (Å²) in [6, 6.07) is 20.7. The number of benzene rings is 3. The average molecular weight is 546 g/mol. The van der Waals surface area contributed by atoms with E-state index < -0.39 is 32.7 Å². The average Bonchev–Trinajstić information content (AvgIpc) is 2.88. The molecule has 1 aliphatic rings. The fourth-order valence-corrected chi connectivity index (χ4v) is 6.53. The van der Waals surface area contributed by atoms with Crippen LogP contribution in [0.4, 0.5) is 10.3 Å². The molecule has 0 amide bonds. The Balaban J connectivity index is 1.36. The largest absolute Gasteiger partial charge is 0.457 e. The zero-order chi connectivity index (χ0) is 27.8. The van der Waals surface area contributed by atoms with Crippen LogP contribution in [0.5, 0.6) is 0 Å². The van der Waals surface area contributed by atoms with Crippen LogP contribution in [0.2, 0.25) is 0 Å². The molecule has 3 aromatic carbocycles. The highest BCUT2D eigenvalue weighted by molar-refractivity contribution is 7.90. The number of nitrogens with one attached hydrogen (secondary N) is 1. The van der Waals surface area contributed by atoms with Gasteiger partial charge in [-0.1, -0.05) is 66.7 Å². The molecule has 1 saturated heterocycles. The minimum absolute atomic E-state index is 0.157. The predicted molar refractivity (Wildman–Crippen MR) is 150 cm³/mol. The minimum Gasteiger partial charge on any atom is -0.457 e. The number of rotatable bonds is 5. The number of sulfonamides is 1. The van der Waals surface area contributed by atoms with E-state index in [1.54, 1.807) is 63.5 Å². The Bertz CT molecular complexity index is 1620. The number of aromatic nitrogens is 2. The molecule has 0 radical (unpaired) electrons. The van der Waals surface area contributed by atoms with Gasteiger partial charge in [0.25, 0.3) is 6.02 Å². The molecule has 0 spiro atoms. The van der Waals surface area contributed by atoms with Crippen LogP contribution < -0.4 is 10.5 Å². The van der Waals surface area contributed by atoms with Gasteiger partial charge in [-0.2, -0.15) is 0 Å². The highest BCUT2D eigenvalue weighted by Gasteiger charge is 2.48. The molecule has 2 heterocycles. The molecule has 0 bridgehead atoms. The summed E-state index contributed by atoms with van der Waals surface area (Å²) in [5, 5.41) is -0.991. The van der Waals surface area contributed by atoms with Crippen molar-refractivity contribution in [2.24, 2.45) is 4.99 Å². The zero-order valence-electron chi connectivity index (χ0n) is 21.7. The lowest BCUT2D eigenvalue weighted by Crippen LogP contribution is -2.53. The number of aliphatic imine (C=N–C) groups is 1. The Morgan fingerprint density at radius 3 is 2.03 bits per heavy atom. The summed E-state index contributed by atoms with van der Waals surface area (Å²) in [6.45, 7) is 5.08. The van der Waals surface area contributed by atoms with Gasteiger partial charge in [0.2, 0.25) is 16.0 Å². The maximum absolute atomic E-state index is 14.2. The fraction of sp³-hybridized carbons (Fsp3) is 0.207. The Morgan fingerprint density at radius 2 is 1.46 bits per heavy atom. The van der Waals surface area contributed by atoms with Gasteiger partial charge in [-0.25, -0.2) is 32.5 Å². The van der Waals surface area contributed by atoms with Crippen molar-refractivity contribution in [2.45, 2.75) is 37.7 Å². The molecule has 3 N–H and O–H groups in total. The molecule has 0 aliphatic carbocycles. The van der Waals surface area contributed by atoms with E-state index in [-0.39, 0.29) is 12.0 Å². The normalized spacial score (nSPS) is 19.6. The molecule has 8 nitrogen and oxygen atoms in total. The number of amidine groups is 1. The van der Waals surface area contributed by atoms with Crippen molar-refractivity contribution in [3.63, 3.8) is 0 Å². The topological polar surface area (TPSA) is 120 Å². The zero-order valence-corrected chi connectivity index (χ0v) is 22.5. The summed E-state index contributed by atoms with van der Waals surface area (Å²) in [6.07, 6.45) is 3.34. The number of halogens is 1. The number of nitrogen functional groups attached to an aromatic ring is 1. The monoisotopic (exact) mass is 545 g/mol. The van der Waals surface area contributed by atoms with E-state index in [0.717, 1.165) is 22.3 Å². The van der Waals surface area contributed by atoms with Crippen molar-refractivity contribution in [1.82, 2.24) is 14.7 Å². The standard InChI is InChI=1S/C29H28FN5O3S/c1-18(24-6-4-5-7-25(24)30)34-28-35-39(36,37)26(29(2,3)38-28)22-14-12-20(13-15-22)19-8-10-21(11-9-19)23-16-32-27(31)33-17-23/h4-18,26H,1-3H3,(H,34,35)(H2,31,32,33). The second kappa shape index (κ2) is 10.1. The Kier molecular flexibility index (Phi) is 6.82. The SMILES string of the molecule is CC(N=C1NS(=O)(=O)C(c2ccc(-c3ccc(-c4cnc(N)nc4)cc3)cc2)C(C)(C)O1)c1ccccc1F. The first-order valence-corrected chi connectivity index (χ1v) is 13.9. The van der Waals surface area contributed by atoms with Crippen LogP contribution >= 0.6 is 0 Å². The first-order valence-electron chi connectivity index (χ1n) is 12.3. The molecule has 10 heteroatoms. The van der Waals surface area contributed by atoms with Gasteiger partial charge in [0, 0.05) is 23.5 Å². The van der Waals surface area contributed by atoms with Gasteiger partial charge >= 0.3 is 0 Å². The molecule has 1 fully saturated rings. The maximum Gasteiger partial charge on any atom is 0.299 e. The molecule has 1 aliphatic heterocycles. The second-order valence-electron chi connectivity index (χ2n) is 9.89. The lowest BCUT2D eigenvalue weighted by Gasteiger charge is -2.39. The van der Waals surface area contributed by atoms with E-state index in [0.29, 0.717) is 11.1 Å². The lowest BCUT2D eigenvalue weighted by atomic mass is 9.95. The molecular weight excluding hydrogens is 517 g/mol. The van der Waals surface area contributed by atoms with Gasteiger partial charge in [0.15, 0.2) is 0 Å². The quantitative estimate of drug-likeness (QED) is 0.346. The van der Waals surface area contributed by atoms with Crippen LogP contribution in [0.25, 0.3) is 22.3 Å². The first kappa shape index (κ1) is 26.3. The predicted octanol–water partition coefficient (Wildman–Crippen LogP) is 5.42. The second-order valence-corrected chi connectivity index (χ2v) is 11.7. The number of nitrogens with two attached hydrogens (primary N) is 1. The molecule has 0 saturated carbocycles. The Morgan fingerprint density at radius 1 is 0.923 bits per heavy atom. The van der Waals surface area contributed by atoms with Gasteiger partial charge in [-0.05, 0) is 49.1 Å². The molecule has 200 valence electrons. The smallest absolute Gasteiger partial charge is 0.299 e. The molecule has 2 atom stereocenters. The van der Waals surface area contributed by atoms with Crippen molar-refractivity contribution in [3.8, 4) is 22.3 Å². The van der Waals surface area contributed by atoms with E-state index >= 15 is 0 Å². The summed E-state index contributed by atoms with van der Waals surface area (Å²) >= 11 is 0. The third-order valence-corrected chi connectivity index (χ3v) is 8.55. The first-order chi connectivity index (χ1) is 18.5. The van der Waals surface area contributed by atoms with E-state index in [1.807, 2.05) is 36.4 Å². The highest BCUT2D eigenvalue weighted by atomic mass is 32.2. The van der Waals surface area contributed by atoms with Crippen LogP contribution in [0.1, 0.15) is 43.2 Å². The van der Waals surface area contributed by atoms with E-state index in [2.05, 4.69) is 19.7 Å². The molecule has 39 heavy (non-hydrogen) atoms. The van der Waals surface area contributed by atoms with Gasteiger partial charge in [0.1, 0.15) is 16.7 Å². The highest BCUT2D eigenvalue weighted by Crippen LogP contribution is 2.39. The van der Waals surface area contributed by atoms with Gasteiger partial charge < -0.3 is 10.5 Å². The summed E-state index contributed by atoms with van der Waals surface area (Å²) < 4.78 is 49.4. The fourth-order valence-electron chi connectivity index (χ4n) is 4.76. The lowest BCUT2D eigenvalue weighted by molar-refractivity contribution is 0.0761. The van der Waals surface area contributed by atoms with Crippen LogP contribution in [0, 0.1) is 5.82 Å². The number of ether oxygens (including phenoxy) is 1. The molecule has 1 aromatic heterocycles.